The van der Waals surface area contributed by atoms with Crippen LogP contribution in [-0.4, -0.2) is 28.1 Å². The van der Waals surface area contributed by atoms with E-state index in [4.69, 9.17) is 5.26 Å². The second-order valence-electron chi connectivity index (χ2n) is 4.57. The minimum absolute atomic E-state index is 0.285. The molecule has 0 radical (unpaired) electrons. The molecular weight excluding hydrogens is 210 g/mol. The minimum atomic E-state index is -1.97. The van der Waals surface area contributed by atoms with E-state index in [1.54, 1.807) is 6.07 Å². The molecule has 3 atom stereocenters. The lowest BCUT2D eigenvalue weighted by Crippen LogP contribution is -2.60. The van der Waals surface area contributed by atoms with Crippen LogP contribution in [0.25, 0.3) is 0 Å². The van der Waals surface area contributed by atoms with Gasteiger partial charge in [-0.2, -0.15) is 5.26 Å². The van der Waals surface area contributed by atoms with E-state index in [0.717, 1.165) is 6.92 Å². The van der Waals surface area contributed by atoms with Crippen LogP contribution in [0.4, 0.5) is 0 Å². The van der Waals surface area contributed by atoms with Crippen molar-refractivity contribution in [1.82, 2.24) is 0 Å². The summed E-state index contributed by atoms with van der Waals surface area (Å²) in [6.07, 6.45) is -0.285. The van der Waals surface area contributed by atoms with Crippen LogP contribution in [0.15, 0.2) is 0 Å². The molecule has 1 saturated carbocycles. The molecule has 1 fully saturated rings. The zero-order chi connectivity index (χ0) is 12.7. The molecule has 0 bridgehead atoms. The van der Waals surface area contributed by atoms with Crippen molar-refractivity contribution in [2.45, 2.75) is 32.8 Å². The van der Waals surface area contributed by atoms with Gasteiger partial charge >= 0.3 is 0 Å². The van der Waals surface area contributed by atoms with Gasteiger partial charge in [0.2, 0.25) is 0 Å². The fourth-order valence-electron chi connectivity index (χ4n) is 1.88. The third-order valence-corrected chi connectivity index (χ3v) is 3.32. The van der Waals surface area contributed by atoms with Gasteiger partial charge in [0.1, 0.15) is 17.3 Å². The first-order valence-corrected chi connectivity index (χ1v) is 4.88. The summed E-state index contributed by atoms with van der Waals surface area (Å²) in [5.74, 6) is -3.47. The Morgan fingerprint density at radius 2 is 2.00 bits per heavy atom. The van der Waals surface area contributed by atoms with Gasteiger partial charge in [-0.15, -0.1) is 0 Å². The van der Waals surface area contributed by atoms with Crippen LogP contribution >= 0.6 is 0 Å². The van der Waals surface area contributed by atoms with Gasteiger partial charge < -0.3 is 5.11 Å². The molecule has 1 aliphatic rings. The highest BCUT2D eigenvalue weighted by Gasteiger charge is 2.59. The van der Waals surface area contributed by atoms with E-state index in [-0.39, 0.29) is 6.42 Å². The molecule has 0 spiro atoms. The number of carbonyl (C=O) groups is 3. The Hall–Kier alpha value is -1.54. The molecule has 1 rings (SSSR count). The first kappa shape index (κ1) is 12.5. The molecule has 0 aliphatic heterocycles. The standard InChI is InChI=1S/C11H13NO4/c1-6(13)8-7(14)4-10(2,5-12)11(3,16)9(8)15/h8,16H,4H2,1-3H3. The molecular formula is C11H13NO4. The average Bonchev–Trinajstić information content (AvgIpc) is 2.14. The van der Waals surface area contributed by atoms with Crippen LogP contribution in [0.2, 0.25) is 0 Å². The maximum Gasteiger partial charge on any atom is 0.183 e. The quantitative estimate of drug-likeness (QED) is 0.632. The summed E-state index contributed by atoms with van der Waals surface area (Å²) in [5, 5.41) is 19.0. The molecule has 0 amide bonds. The van der Waals surface area contributed by atoms with Crippen molar-refractivity contribution in [1.29, 1.82) is 5.26 Å². The first-order valence-electron chi connectivity index (χ1n) is 4.88. The lowest BCUT2D eigenvalue weighted by Gasteiger charge is -2.41. The third-order valence-electron chi connectivity index (χ3n) is 3.32. The number of aliphatic hydroxyl groups is 1. The predicted octanol–water partition coefficient (Wildman–Crippen LogP) is 0.0144. The van der Waals surface area contributed by atoms with Crippen molar-refractivity contribution in [3.8, 4) is 6.07 Å². The van der Waals surface area contributed by atoms with Crippen molar-refractivity contribution in [2.24, 2.45) is 11.3 Å². The number of carbonyl (C=O) groups excluding carboxylic acids is 3. The molecule has 0 aromatic rings. The van der Waals surface area contributed by atoms with E-state index in [2.05, 4.69) is 0 Å². The van der Waals surface area contributed by atoms with Crippen LogP contribution in [0, 0.1) is 22.7 Å². The summed E-state index contributed by atoms with van der Waals surface area (Å²) in [4.78, 5) is 34.6. The number of hydrogen-bond acceptors (Lipinski definition) is 5. The number of Topliss-reactive ketones (excluding diaryl/α,β-unsaturated/α-hetero) is 3. The summed E-state index contributed by atoms with van der Waals surface area (Å²) in [7, 11) is 0. The van der Waals surface area contributed by atoms with Gasteiger partial charge in [0.05, 0.1) is 11.5 Å². The molecule has 16 heavy (non-hydrogen) atoms. The Morgan fingerprint density at radius 1 is 1.50 bits per heavy atom. The number of nitrogens with zero attached hydrogens (tertiary/aromatic N) is 1. The van der Waals surface area contributed by atoms with Crippen molar-refractivity contribution < 1.29 is 19.5 Å². The zero-order valence-corrected chi connectivity index (χ0v) is 9.40. The summed E-state index contributed by atoms with van der Waals surface area (Å²) in [6, 6.07) is 1.79. The minimum Gasteiger partial charge on any atom is -0.381 e. The molecule has 1 N–H and O–H groups in total. The van der Waals surface area contributed by atoms with E-state index in [1.165, 1.54) is 13.8 Å². The van der Waals surface area contributed by atoms with Crippen LogP contribution < -0.4 is 0 Å². The highest BCUT2D eigenvalue weighted by Crippen LogP contribution is 2.42. The monoisotopic (exact) mass is 223 g/mol. The molecule has 0 aromatic heterocycles. The summed E-state index contributed by atoms with van der Waals surface area (Å²) in [6.45, 7) is 3.66. The number of hydrogen-bond donors (Lipinski definition) is 1. The molecule has 5 nitrogen and oxygen atoms in total. The fourth-order valence-corrected chi connectivity index (χ4v) is 1.88. The first-order chi connectivity index (χ1) is 7.17. The van der Waals surface area contributed by atoms with Gasteiger partial charge in [-0.25, -0.2) is 0 Å². The lowest BCUT2D eigenvalue weighted by molar-refractivity contribution is -0.164. The molecule has 86 valence electrons. The smallest absolute Gasteiger partial charge is 0.183 e. The number of nitriles is 1. The van der Waals surface area contributed by atoms with Crippen molar-refractivity contribution in [3.63, 3.8) is 0 Å². The van der Waals surface area contributed by atoms with E-state index in [9.17, 15) is 19.5 Å². The van der Waals surface area contributed by atoms with Gasteiger partial charge in [0, 0.05) is 6.42 Å². The highest BCUT2D eigenvalue weighted by atomic mass is 16.3. The Labute approximate surface area is 93.1 Å². The molecule has 3 unspecified atom stereocenters. The highest BCUT2D eigenvalue weighted by molar-refractivity contribution is 6.23. The fraction of sp³-hybridized carbons (Fsp3) is 0.636. The van der Waals surface area contributed by atoms with Gasteiger partial charge in [-0.05, 0) is 20.8 Å². The summed E-state index contributed by atoms with van der Waals surface area (Å²) >= 11 is 0. The third kappa shape index (κ3) is 1.46. The van der Waals surface area contributed by atoms with E-state index in [1.807, 2.05) is 0 Å². The van der Waals surface area contributed by atoms with Crippen molar-refractivity contribution in [2.75, 3.05) is 0 Å². The zero-order valence-electron chi connectivity index (χ0n) is 9.40. The second kappa shape index (κ2) is 3.49. The van der Waals surface area contributed by atoms with Crippen LogP contribution in [0.5, 0.6) is 0 Å². The summed E-state index contributed by atoms with van der Waals surface area (Å²) in [5.41, 5.74) is -3.43. The average molecular weight is 223 g/mol. The molecule has 1 aliphatic carbocycles. The maximum atomic E-state index is 11.8. The Morgan fingerprint density at radius 3 is 2.38 bits per heavy atom. The summed E-state index contributed by atoms with van der Waals surface area (Å²) < 4.78 is 0. The predicted molar refractivity (Wildman–Crippen MR) is 53.1 cm³/mol. The molecule has 0 saturated heterocycles. The molecule has 0 aromatic carbocycles. The second-order valence-corrected chi connectivity index (χ2v) is 4.57. The van der Waals surface area contributed by atoms with Crippen molar-refractivity contribution in [3.05, 3.63) is 0 Å². The van der Waals surface area contributed by atoms with E-state index >= 15 is 0 Å². The Bertz CT molecular complexity index is 418. The normalized spacial score (nSPS) is 39.3. The van der Waals surface area contributed by atoms with E-state index in [0.29, 0.717) is 0 Å². The largest absolute Gasteiger partial charge is 0.381 e. The maximum absolute atomic E-state index is 11.8. The van der Waals surface area contributed by atoms with Crippen molar-refractivity contribution >= 4 is 17.3 Å². The molecule has 5 heteroatoms. The Balaban J connectivity index is 3.29. The topological polar surface area (TPSA) is 95.2 Å². The lowest BCUT2D eigenvalue weighted by atomic mass is 9.61. The van der Waals surface area contributed by atoms with Crippen LogP contribution in [0.1, 0.15) is 27.2 Å². The SMILES string of the molecule is CC(=O)C1C(=O)CC(C)(C#N)C(C)(O)C1=O. The number of rotatable bonds is 1. The van der Waals surface area contributed by atoms with E-state index < -0.39 is 34.3 Å². The Kier molecular flexibility index (Phi) is 2.74. The van der Waals surface area contributed by atoms with Gasteiger partial charge in [0.25, 0.3) is 0 Å². The van der Waals surface area contributed by atoms with Gasteiger partial charge in [-0.3, -0.25) is 14.4 Å². The number of ketones is 3. The van der Waals surface area contributed by atoms with Gasteiger partial charge in [0.15, 0.2) is 11.6 Å². The van der Waals surface area contributed by atoms with Gasteiger partial charge in [-0.1, -0.05) is 0 Å². The van der Waals surface area contributed by atoms with Crippen LogP contribution in [0.3, 0.4) is 0 Å². The molecule has 0 heterocycles. The van der Waals surface area contributed by atoms with Crippen LogP contribution in [-0.2, 0) is 14.4 Å².